The number of allylic oxidation sites excluding steroid dienone is 5. The van der Waals surface area contributed by atoms with Gasteiger partial charge in [-0.2, -0.15) is 5.26 Å². The van der Waals surface area contributed by atoms with Crippen molar-refractivity contribution >= 4 is 11.6 Å². The maximum absolute atomic E-state index is 8.56. The predicted molar refractivity (Wildman–Crippen MR) is 46.2 cm³/mol. The first-order valence-electron chi connectivity index (χ1n) is 3.34. The first-order chi connectivity index (χ1) is 5.24. The molecule has 0 amide bonds. The third kappa shape index (κ3) is 1.96. The average molecular weight is 166 g/mol. The number of nitriles is 1. The van der Waals surface area contributed by atoms with Crippen LogP contribution in [0.4, 0.5) is 0 Å². The minimum atomic E-state index is -0.195. The van der Waals surface area contributed by atoms with E-state index < -0.39 is 0 Å². The lowest BCUT2D eigenvalue weighted by Crippen LogP contribution is -1.95. The first kappa shape index (κ1) is 8.10. The molecular formula is C9H8ClN. The summed E-state index contributed by atoms with van der Waals surface area (Å²) in [5, 5.41) is 8.37. The standard InChI is InChI=1S/C9H8ClN/c1-7-3-2-4-8(6-11)5-9(7)10/h2,4-5,9H,1,3H2. The van der Waals surface area contributed by atoms with Crippen LogP contribution in [0.3, 0.4) is 0 Å². The summed E-state index contributed by atoms with van der Waals surface area (Å²) in [6.45, 7) is 3.79. The summed E-state index contributed by atoms with van der Waals surface area (Å²) < 4.78 is 0. The second-order valence-electron chi connectivity index (χ2n) is 2.40. The van der Waals surface area contributed by atoms with Gasteiger partial charge in [0.15, 0.2) is 0 Å². The zero-order valence-electron chi connectivity index (χ0n) is 6.05. The number of alkyl halides is 1. The molecule has 0 aromatic carbocycles. The lowest BCUT2D eigenvalue weighted by Gasteiger charge is -2.02. The number of hydrogen-bond donors (Lipinski definition) is 0. The molecule has 1 aliphatic carbocycles. The van der Waals surface area contributed by atoms with E-state index in [9.17, 15) is 0 Å². The molecule has 1 atom stereocenters. The topological polar surface area (TPSA) is 23.8 Å². The van der Waals surface area contributed by atoms with Gasteiger partial charge in [-0.15, -0.1) is 11.6 Å². The molecule has 1 nitrogen and oxygen atoms in total. The molecule has 0 heterocycles. The van der Waals surface area contributed by atoms with Gasteiger partial charge < -0.3 is 0 Å². The Balaban J connectivity index is 2.90. The molecule has 56 valence electrons. The molecule has 0 saturated carbocycles. The molecule has 0 saturated heterocycles. The van der Waals surface area contributed by atoms with Gasteiger partial charge in [-0.3, -0.25) is 0 Å². The van der Waals surface area contributed by atoms with E-state index in [-0.39, 0.29) is 5.38 Å². The van der Waals surface area contributed by atoms with E-state index >= 15 is 0 Å². The Labute approximate surface area is 71.3 Å². The van der Waals surface area contributed by atoms with E-state index in [2.05, 4.69) is 6.58 Å². The van der Waals surface area contributed by atoms with Crippen molar-refractivity contribution in [3.05, 3.63) is 36.0 Å². The Bertz CT molecular complexity index is 268. The van der Waals surface area contributed by atoms with Gasteiger partial charge in [-0.1, -0.05) is 18.2 Å². The Kier molecular flexibility index (Phi) is 2.51. The monoisotopic (exact) mass is 165 g/mol. The van der Waals surface area contributed by atoms with Gasteiger partial charge in [-0.25, -0.2) is 0 Å². The molecule has 0 bridgehead atoms. The van der Waals surface area contributed by atoms with E-state index in [4.69, 9.17) is 16.9 Å². The van der Waals surface area contributed by atoms with Crippen molar-refractivity contribution in [2.45, 2.75) is 11.8 Å². The van der Waals surface area contributed by atoms with Crippen molar-refractivity contribution < 1.29 is 0 Å². The normalized spacial score (nSPS) is 23.8. The predicted octanol–water partition coefficient (Wildman–Crippen LogP) is 2.56. The highest BCUT2D eigenvalue weighted by Gasteiger charge is 2.08. The van der Waals surface area contributed by atoms with Crippen LogP contribution in [0.2, 0.25) is 0 Å². The lowest BCUT2D eigenvalue weighted by molar-refractivity contribution is 1.14. The smallest absolute Gasteiger partial charge is 0.0988 e. The third-order valence-electron chi connectivity index (χ3n) is 1.52. The van der Waals surface area contributed by atoms with Crippen molar-refractivity contribution in [3.8, 4) is 6.07 Å². The van der Waals surface area contributed by atoms with Crippen LogP contribution in [0.1, 0.15) is 6.42 Å². The van der Waals surface area contributed by atoms with Crippen LogP contribution in [0.5, 0.6) is 0 Å². The first-order valence-corrected chi connectivity index (χ1v) is 3.78. The summed E-state index contributed by atoms with van der Waals surface area (Å²) >= 11 is 5.88. The molecule has 2 heteroatoms. The molecule has 1 aliphatic rings. The van der Waals surface area contributed by atoms with Gasteiger partial charge in [0.2, 0.25) is 0 Å². The van der Waals surface area contributed by atoms with Crippen LogP contribution in [-0.4, -0.2) is 5.38 Å². The molecular weight excluding hydrogens is 158 g/mol. The van der Waals surface area contributed by atoms with Crippen LogP contribution in [0.25, 0.3) is 0 Å². The molecule has 0 N–H and O–H groups in total. The Morgan fingerprint density at radius 1 is 1.73 bits per heavy atom. The lowest BCUT2D eigenvalue weighted by atomic mass is 10.1. The molecule has 0 radical (unpaired) electrons. The minimum Gasteiger partial charge on any atom is -0.192 e. The van der Waals surface area contributed by atoms with Crippen LogP contribution in [0, 0.1) is 11.3 Å². The van der Waals surface area contributed by atoms with Crippen molar-refractivity contribution in [1.82, 2.24) is 0 Å². The van der Waals surface area contributed by atoms with Gasteiger partial charge in [0, 0.05) is 5.57 Å². The molecule has 1 rings (SSSR count). The fourth-order valence-corrected chi connectivity index (χ4v) is 1.08. The Morgan fingerprint density at radius 3 is 3.09 bits per heavy atom. The number of hydrogen-bond acceptors (Lipinski definition) is 1. The highest BCUT2D eigenvalue weighted by Crippen LogP contribution is 2.19. The summed E-state index contributed by atoms with van der Waals surface area (Å²) in [4.78, 5) is 0. The van der Waals surface area contributed by atoms with Gasteiger partial charge in [0.1, 0.15) is 0 Å². The summed E-state index contributed by atoms with van der Waals surface area (Å²) in [6.07, 6.45) is 6.15. The minimum absolute atomic E-state index is 0.195. The van der Waals surface area contributed by atoms with Gasteiger partial charge >= 0.3 is 0 Å². The summed E-state index contributed by atoms with van der Waals surface area (Å²) in [7, 11) is 0. The summed E-state index contributed by atoms with van der Waals surface area (Å²) in [5.74, 6) is 0. The van der Waals surface area contributed by atoms with E-state index in [0.717, 1.165) is 12.0 Å². The Hall–Kier alpha value is -1.00. The third-order valence-corrected chi connectivity index (χ3v) is 1.96. The van der Waals surface area contributed by atoms with Crippen molar-refractivity contribution in [3.63, 3.8) is 0 Å². The highest BCUT2D eigenvalue weighted by atomic mass is 35.5. The molecule has 0 aromatic rings. The number of halogens is 1. The van der Waals surface area contributed by atoms with Gasteiger partial charge in [0.05, 0.1) is 11.4 Å². The van der Waals surface area contributed by atoms with E-state index in [1.165, 1.54) is 0 Å². The SMILES string of the molecule is C=C1CC=CC(C#N)=CC1Cl. The molecule has 0 aromatic heterocycles. The maximum Gasteiger partial charge on any atom is 0.0988 e. The fourth-order valence-electron chi connectivity index (χ4n) is 0.855. The van der Waals surface area contributed by atoms with Gasteiger partial charge in [0.25, 0.3) is 0 Å². The average Bonchev–Trinajstić information content (AvgIpc) is 2.15. The van der Waals surface area contributed by atoms with Crippen molar-refractivity contribution in [1.29, 1.82) is 5.26 Å². The van der Waals surface area contributed by atoms with Crippen LogP contribution >= 0.6 is 11.6 Å². The molecule has 0 spiro atoms. The maximum atomic E-state index is 8.56. The number of rotatable bonds is 0. The second kappa shape index (κ2) is 3.41. The number of nitrogens with zero attached hydrogens (tertiary/aromatic N) is 1. The molecule has 11 heavy (non-hydrogen) atoms. The van der Waals surface area contributed by atoms with Crippen LogP contribution in [0.15, 0.2) is 36.0 Å². The van der Waals surface area contributed by atoms with Crippen LogP contribution < -0.4 is 0 Å². The van der Waals surface area contributed by atoms with E-state index in [1.807, 2.05) is 12.1 Å². The molecule has 0 aliphatic heterocycles. The molecule has 1 unspecified atom stereocenters. The summed E-state index contributed by atoms with van der Waals surface area (Å²) in [6, 6.07) is 2.04. The quantitative estimate of drug-likeness (QED) is 0.400. The zero-order chi connectivity index (χ0) is 8.27. The van der Waals surface area contributed by atoms with Crippen LogP contribution in [-0.2, 0) is 0 Å². The second-order valence-corrected chi connectivity index (χ2v) is 2.87. The largest absolute Gasteiger partial charge is 0.192 e. The van der Waals surface area contributed by atoms with Crippen molar-refractivity contribution in [2.24, 2.45) is 0 Å². The fraction of sp³-hybridized carbons (Fsp3) is 0.222. The van der Waals surface area contributed by atoms with E-state index in [1.54, 1.807) is 12.2 Å². The molecule has 0 fully saturated rings. The highest BCUT2D eigenvalue weighted by molar-refractivity contribution is 6.23. The van der Waals surface area contributed by atoms with Gasteiger partial charge in [-0.05, 0) is 18.6 Å². The van der Waals surface area contributed by atoms with E-state index in [0.29, 0.717) is 5.57 Å². The zero-order valence-corrected chi connectivity index (χ0v) is 6.80. The summed E-state index contributed by atoms with van der Waals surface area (Å²) in [5.41, 5.74) is 1.55. The van der Waals surface area contributed by atoms with Crippen molar-refractivity contribution in [2.75, 3.05) is 0 Å². The Morgan fingerprint density at radius 2 is 2.45 bits per heavy atom.